The fourth-order valence-electron chi connectivity index (χ4n) is 1.67. The highest BCUT2D eigenvalue weighted by atomic mass is 32.1. The quantitative estimate of drug-likeness (QED) is 0.837. The molecule has 0 aliphatic rings. The summed E-state index contributed by atoms with van der Waals surface area (Å²) in [6.45, 7) is 1.58. The predicted molar refractivity (Wildman–Crippen MR) is 83.3 cm³/mol. The molecule has 0 bridgehead atoms. The number of anilines is 1. The maximum atomic E-state index is 12.0. The summed E-state index contributed by atoms with van der Waals surface area (Å²) in [4.78, 5) is 26.6. The molecule has 1 aromatic heterocycles. The fourth-order valence-corrected chi connectivity index (χ4v) is 2.39. The molecule has 0 saturated carbocycles. The third-order valence-corrected chi connectivity index (χ3v) is 3.59. The number of amides is 1. The van der Waals surface area contributed by atoms with Crippen LogP contribution in [-0.2, 0) is 16.0 Å². The highest BCUT2D eigenvalue weighted by Crippen LogP contribution is 2.18. The molecule has 8 heteroatoms. The molecule has 118 valence electrons. The molecule has 0 radical (unpaired) electrons. The maximum Gasteiger partial charge on any atom is 0.309 e. The lowest BCUT2D eigenvalue weighted by atomic mass is 10.2. The zero-order valence-electron chi connectivity index (χ0n) is 12.1. The Kier molecular flexibility index (Phi) is 5.28. The molecule has 0 aliphatic carbocycles. The largest absolute Gasteiger partial charge is 0.481 e. The van der Waals surface area contributed by atoms with E-state index in [0.29, 0.717) is 22.1 Å². The number of hydrogen-bond donors (Lipinski definition) is 2. The first kappa shape index (κ1) is 16.5. The molecular formula is C15H13N3O4S. The number of ether oxygens (including phenoxy) is 1. The minimum atomic E-state index is -0.981. The zero-order valence-corrected chi connectivity index (χ0v) is 13.0. The SMILES string of the molecule is C[C@@H](Oc1ccc(C#N)cc1)C(=O)Nc1nc(CC(=O)O)cs1. The molecule has 0 saturated heterocycles. The summed E-state index contributed by atoms with van der Waals surface area (Å²) in [5.74, 6) is -0.909. The van der Waals surface area contributed by atoms with Gasteiger partial charge in [0.05, 0.1) is 23.7 Å². The van der Waals surface area contributed by atoms with Crippen LogP contribution in [0.3, 0.4) is 0 Å². The normalized spacial score (nSPS) is 11.3. The van der Waals surface area contributed by atoms with Crippen molar-refractivity contribution in [2.45, 2.75) is 19.4 Å². The third kappa shape index (κ3) is 4.79. The molecule has 2 rings (SSSR count). The Hall–Kier alpha value is -2.92. The summed E-state index contributed by atoms with van der Waals surface area (Å²) in [6.07, 6.45) is -0.960. The van der Waals surface area contributed by atoms with E-state index in [9.17, 15) is 9.59 Å². The van der Waals surface area contributed by atoms with Crippen molar-refractivity contribution in [2.75, 3.05) is 5.32 Å². The summed E-state index contributed by atoms with van der Waals surface area (Å²) in [6, 6.07) is 8.40. The second kappa shape index (κ2) is 7.38. The number of rotatable bonds is 6. The Morgan fingerprint density at radius 3 is 2.74 bits per heavy atom. The molecule has 0 aliphatic heterocycles. The van der Waals surface area contributed by atoms with Gasteiger partial charge in [0.2, 0.25) is 0 Å². The lowest BCUT2D eigenvalue weighted by molar-refractivity contribution is -0.136. The van der Waals surface area contributed by atoms with Crippen LogP contribution in [0.15, 0.2) is 29.6 Å². The molecule has 23 heavy (non-hydrogen) atoms. The smallest absolute Gasteiger partial charge is 0.309 e. The summed E-state index contributed by atoms with van der Waals surface area (Å²) in [5.41, 5.74) is 0.890. The van der Waals surface area contributed by atoms with Crippen LogP contribution < -0.4 is 10.1 Å². The van der Waals surface area contributed by atoms with Crippen LogP contribution in [-0.4, -0.2) is 28.1 Å². The predicted octanol–water partition coefficient (Wildman–Crippen LogP) is 2.05. The summed E-state index contributed by atoms with van der Waals surface area (Å²) in [5, 5.41) is 21.9. The number of carboxylic acid groups (broad SMARTS) is 1. The molecule has 2 aromatic rings. The second-order valence-electron chi connectivity index (χ2n) is 4.60. The molecule has 7 nitrogen and oxygen atoms in total. The third-order valence-electron chi connectivity index (χ3n) is 2.78. The fraction of sp³-hybridized carbons (Fsp3) is 0.200. The van der Waals surface area contributed by atoms with Gasteiger partial charge in [0.15, 0.2) is 11.2 Å². The molecule has 1 heterocycles. The van der Waals surface area contributed by atoms with Crippen molar-refractivity contribution in [3.05, 3.63) is 40.9 Å². The Morgan fingerprint density at radius 1 is 1.43 bits per heavy atom. The molecule has 0 spiro atoms. The van der Waals surface area contributed by atoms with Gasteiger partial charge in [-0.1, -0.05) is 0 Å². The monoisotopic (exact) mass is 331 g/mol. The Balaban J connectivity index is 1.92. The number of thiazole rings is 1. The average Bonchev–Trinajstić information content (AvgIpc) is 2.94. The minimum absolute atomic E-state index is 0.191. The van der Waals surface area contributed by atoms with Crippen molar-refractivity contribution >= 4 is 28.3 Å². The van der Waals surface area contributed by atoms with Gasteiger partial charge < -0.3 is 9.84 Å². The lowest BCUT2D eigenvalue weighted by Crippen LogP contribution is -2.30. The topological polar surface area (TPSA) is 112 Å². The molecule has 1 aromatic carbocycles. The molecule has 1 amide bonds. The van der Waals surface area contributed by atoms with Crippen LogP contribution in [0.4, 0.5) is 5.13 Å². The van der Waals surface area contributed by atoms with Crippen LogP contribution in [0.25, 0.3) is 0 Å². The number of nitriles is 1. The Bertz CT molecular complexity index is 749. The van der Waals surface area contributed by atoms with Crippen molar-refractivity contribution in [1.82, 2.24) is 4.98 Å². The van der Waals surface area contributed by atoms with E-state index in [0.717, 1.165) is 11.3 Å². The van der Waals surface area contributed by atoms with Crippen LogP contribution in [0, 0.1) is 11.3 Å². The van der Waals surface area contributed by atoms with Crippen molar-refractivity contribution in [3.8, 4) is 11.8 Å². The summed E-state index contributed by atoms with van der Waals surface area (Å²) < 4.78 is 5.48. The van der Waals surface area contributed by atoms with Gasteiger partial charge in [-0.25, -0.2) is 4.98 Å². The van der Waals surface area contributed by atoms with Gasteiger partial charge in [0.1, 0.15) is 5.75 Å². The standard InChI is InChI=1S/C15H13N3O4S/c1-9(22-12-4-2-10(7-16)3-5-12)14(21)18-15-17-11(8-23-15)6-13(19)20/h2-5,8-9H,6H2,1H3,(H,19,20)(H,17,18,21)/t9-/m1/s1. The van der Waals surface area contributed by atoms with Gasteiger partial charge in [-0.3, -0.25) is 14.9 Å². The number of carbonyl (C=O) groups is 2. The second-order valence-corrected chi connectivity index (χ2v) is 5.46. The molecular weight excluding hydrogens is 318 g/mol. The maximum absolute atomic E-state index is 12.0. The Labute approximate surface area is 136 Å². The van der Waals surface area contributed by atoms with E-state index >= 15 is 0 Å². The highest BCUT2D eigenvalue weighted by molar-refractivity contribution is 7.13. The van der Waals surface area contributed by atoms with Crippen LogP contribution in [0.1, 0.15) is 18.2 Å². The lowest BCUT2D eigenvalue weighted by Gasteiger charge is -2.13. The number of aromatic nitrogens is 1. The van der Waals surface area contributed by atoms with Crippen LogP contribution in [0.5, 0.6) is 5.75 Å². The van der Waals surface area contributed by atoms with E-state index in [1.165, 1.54) is 0 Å². The molecule has 1 atom stereocenters. The number of benzene rings is 1. The highest BCUT2D eigenvalue weighted by Gasteiger charge is 2.17. The molecule has 0 unspecified atom stereocenters. The van der Waals surface area contributed by atoms with Gasteiger partial charge in [-0.05, 0) is 31.2 Å². The minimum Gasteiger partial charge on any atom is -0.481 e. The van der Waals surface area contributed by atoms with Crippen LogP contribution >= 0.6 is 11.3 Å². The van der Waals surface area contributed by atoms with Gasteiger partial charge in [0.25, 0.3) is 5.91 Å². The van der Waals surface area contributed by atoms with E-state index in [1.807, 2.05) is 6.07 Å². The van der Waals surface area contributed by atoms with E-state index < -0.39 is 18.0 Å². The average molecular weight is 331 g/mol. The number of hydrogen-bond acceptors (Lipinski definition) is 6. The van der Waals surface area contributed by atoms with Gasteiger partial charge in [-0.2, -0.15) is 5.26 Å². The van der Waals surface area contributed by atoms with Gasteiger partial charge in [0, 0.05) is 5.38 Å². The number of carbonyl (C=O) groups excluding carboxylic acids is 1. The van der Waals surface area contributed by atoms with Crippen molar-refractivity contribution in [1.29, 1.82) is 5.26 Å². The van der Waals surface area contributed by atoms with E-state index in [-0.39, 0.29) is 6.42 Å². The van der Waals surface area contributed by atoms with Crippen LogP contribution in [0.2, 0.25) is 0 Å². The summed E-state index contributed by atoms with van der Waals surface area (Å²) >= 11 is 1.15. The van der Waals surface area contributed by atoms with Crippen molar-refractivity contribution in [2.24, 2.45) is 0 Å². The number of nitrogens with zero attached hydrogens (tertiary/aromatic N) is 2. The first-order valence-corrected chi connectivity index (χ1v) is 7.50. The number of nitrogens with one attached hydrogen (secondary N) is 1. The van der Waals surface area contributed by atoms with E-state index in [2.05, 4.69) is 10.3 Å². The van der Waals surface area contributed by atoms with E-state index in [4.69, 9.17) is 15.1 Å². The van der Waals surface area contributed by atoms with Gasteiger partial charge >= 0.3 is 5.97 Å². The molecule has 2 N–H and O–H groups in total. The first-order valence-electron chi connectivity index (χ1n) is 6.62. The first-order chi connectivity index (χ1) is 11.0. The molecule has 0 fully saturated rings. The van der Waals surface area contributed by atoms with Crippen molar-refractivity contribution in [3.63, 3.8) is 0 Å². The zero-order chi connectivity index (χ0) is 16.8. The van der Waals surface area contributed by atoms with E-state index in [1.54, 1.807) is 36.6 Å². The van der Waals surface area contributed by atoms with Crippen molar-refractivity contribution < 1.29 is 19.4 Å². The number of aliphatic carboxylic acids is 1. The Morgan fingerprint density at radius 2 is 2.13 bits per heavy atom. The summed E-state index contributed by atoms with van der Waals surface area (Å²) in [7, 11) is 0. The van der Waals surface area contributed by atoms with Gasteiger partial charge in [-0.15, -0.1) is 11.3 Å². The number of carboxylic acids is 1.